The summed E-state index contributed by atoms with van der Waals surface area (Å²) in [6.45, 7) is -0.707. The molecule has 1 heterocycles. The van der Waals surface area contributed by atoms with E-state index in [1.165, 1.54) is 30.3 Å². The first-order valence-electron chi connectivity index (χ1n) is 7.69. The molecule has 136 valence electrons. The Morgan fingerprint density at radius 2 is 1.81 bits per heavy atom. The van der Waals surface area contributed by atoms with Gasteiger partial charge in [0, 0.05) is 12.1 Å². The lowest BCUT2D eigenvalue weighted by Gasteiger charge is -2.07. The van der Waals surface area contributed by atoms with Crippen molar-refractivity contribution in [3.8, 4) is 0 Å². The maximum absolute atomic E-state index is 12.0. The van der Waals surface area contributed by atoms with E-state index in [1.54, 1.807) is 18.2 Å². The number of anilines is 1. The minimum Gasteiger partial charge on any atom is -0.450 e. The summed E-state index contributed by atoms with van der Waals surface area (Å²) in [6.07, 6.45) is 0. The van der Waals surface area contributed by atoms with E-state index in [9.17, 15) is 24.5 Å². The Balaban J connectivity index is 1.68. The van der Waals surface area contributed by atoms with Gasteiger partial charge in [0.1, 0.15) is 11.3 Å². The molecule has 1 N–H and O–H groups in total. The number of fused-ring (bicyclic) bond motifs is 1. The quantitative estimate of drug-likeness (QED) is 0.416. The third kappa shape index (κ3) is 3.98. The molecule has 0 saturated carbocycles. The molecule has 0 aliphatic heterocycles. The number of para-hydroxylation sites is 3. The van der Waals surface area contributed by atoms with Crippen molar-refractivity contribution in [2.45, 2.75) is 0 Å². The van der Waals surface area contributed by atoms with Gasteiger partial charge in [0.05, 0.1) is 10.3 Å². The number of nitro benzene ring substituents is 1. The normalized spacial score (nSPS) is 10.4. The number of rotatable bonds is 5. The average Bonchev–Trinajstić information content (AvgIpc) is 2.66. The molecule has 0 saturated heterocycles. The number of ether oxygens (including phenoxy) is 1. The molecule has 3 rings (SSSR count). The van der Waals surface area contributed by atoms with Gasteiger partial charge in [-0.15, -0.1) is 0 Å². The Hall–Kier alpha value is -4.01. The minimum atomic E-state index is -1.00. The molecule has 1 aromatic heterocycles. The Labute approximate surface area is 151 Å². The number of carbonyl (C=O) groups is 2. The second kappa shape index (κ2) is 7.48. The van der Waals surface area contributed by atoms with E-state index in [0.29, 0.717) is 5.39 Å². The van der Waals surface area contributed by atoms with Crippen LogP contribution in [0.5, 0.6) is 0 Å². The van der Waals surface area contributed by atoms with Crippen molar-refractivity contribution in [3.05, 3.63) is 80.7 Å². The van der Waals surface area contributed by atoms with Gasteiger partial charge in [0.2, 0.25) is 5.76 Å². The first kappa shape index (κ1) is 17.8. The SMILES string of the molecule is O=C(COC(=O)c1cc(=O)c2ccccc2o1)Nc1ccccc1[N+](=O)[O-]. The first-order chi connectivity index (χ1) is 13.0. The highest BCUT2D eigenvalue weighted by atomic mass is 16.6. The Morgan fingerprint density at radius 3 is 2.59 bits per heavy atom. The van der Waals surface area contributed by atoms with E-state index < -0.39 is 28.8 Å². The summed E-state index contributed by atoms with van der Waals surface area (Å²) < 4.78 is 10.1. The summed E-state index contributed by atoms with van der Waals surface area (Å²) in [5, 5.41) is 13.5. The summed E-state index contributed by atoms with van der Waals surface area (Å²) in [5.74, 6) is -2.13. The fourth-order valence-corrected chi connectivity index (χ4v) is 2.33. The number of amides is 1. The van der Waals surface area contributed by atoms with E-state index in [4.69, 9.17) is 9.15 Å². The number of hydrogen-bond donors (Lipinski definition) is 1. The topological polar surface area (TPSA) is 129 Å². The van der Waals surface area contributed by atoms with Crippen LogP contribution >= 0.6 is 0 Å². The zero-order valence-electron chi connectivity index (χ0n) is 13.7. The molecule has 0 spiro atoms. The molecule has 3 aromatic rings. The van der Waals surface area contributed by atoms with Crippen LogP contribution in [-0.4, -0.2) is 23.4 Å². The Bertz CT molecular complexity index is 1100. The van der Waals surface area contributed by atoms with Gasteiger partial charge in [-0.1, -0.05) is 24.3 Å². The Morgan fingerprint density at radius 1 is 1.11 bits per heavy atom. The monoisotopic (exact) mass is 368 g/mol. The fourth-order valence-electron chi connectivity index (χ4n) is 2.33. The van der Waals surface area contributed by atoms with E-state index in [1.807, 2.05) is 0 Å². The standard InChI is InChI=1S/C18H12N2O7/c21-14-9-16(27-15-8-4-1-5-11(14)15)18(23)26-10-17(22)19-12-6-2-3-7-13(12)20(24)25/h1-9H,10H2,(H,19,22). The molecule has 0 bridgehead atoms. The van der Waals surface area contributed by atoms with Crippen LogP contribution in [0, 0.1) is 10.1 Å². The van der Waals surface area contributed by atoms with Crippen molar-refractivity contribution in [2.24, 2.45) is 0 Å². The van der Waals surface area contributed by atoms with Crippen LogP contribution < -0.4 is 10.7 Å². The van der Waals surface area contributed by atoms with Gasteiger partial charge in [0.15, 0.2) is 12.0 Å². The number of nitrogens with zero attached hydrogens (tertiary/aromatic N) is 1. The largest absolute Gasteiger partial charge is 0.450 e. The molecule has 1 amide bonds. The second-order valence-electron chi connectivity index (χ2n) is 5.37. The van der Waals surface area contributed by atoms with Crippen molar-refractivity contribution in [2.75, 3.05) is 11.9 Å². The smallest absolute Gasteiger partial charge is 0.374 e. The number of nitrogens with one attached hydrogen (secondary N) is 1. The van der Waals surface area contributed by atoms with Crippen LogP contribution in [0.15, 0.2) is 63.8 Å². The number of nitro groups is 1. The molecular weight excluding hydrogens is 356 g/mol. The van der Waals surface area contributed by atoms with E-state index in [-0.39, 0.29) is 22.7 Å². The average molecular weight is 368 g/mol. The lowest BCUT2D eigenvalue weighted by molar-refractivity contribution is -0.383. The van der Waals surface area contributed by atoms with Crippen molar-refractivity contribution < 1.29 is 23.7 Å². The van der Waals surface area contributed by atoms with Gasteiger partial charge in [-0.05, 0) is 18.2 Å². The van der Waals surface area contributed by atoms with Gasteiger partial charge in [0.25, 0.3) is 11.6 Å². The van der Waals surface area contributed by atoms with Crippen molar-refractivity contribution >= 4 is 34.2 Å². The van der Waals surface area contributed by atoms with Crippen molar-refractivity contribution in [1.82, 2.24) is 0 Å². The fraction of sp³-hybridized carbons (Fsp3) is 0.0556. The van der Waals surface area contributed by atoms with E-state index in [0.717, 1.165) is 6.07 Å². The number of hydrogen-bond acceptors (Lipinski definition) is 7. The maximum atomic E-state index is 12.0. The molecule has 2 aromatic carbocycles. The third-order valence-corrected chi connectivity index (χ3v) is 3.54. The zero-order chi connectivity index (χ0) is 19.4. The molecule has 0 aliphatic carbocycles. The van der Waals surface area contributed by atoms with Gasteiger partial charge in [-0.25, -0.2) is 4.79 Å². The first-order valence-corrected chi connectivity index (χ1v) is 7.69. The van der Waals surface area contributed by atoms with Crippen LogP contribution in [0.1, 0.15) is 10.6 Å². The summed E-state index contributed by atoms with van der Waals surface area (Å²) in [4.78, 5) is 46.2. The van der Waals surface area contributed by atoms with Crippen LogP contribution in [0.3, 0.4) is 0 Å². The number of esters is 1. The van der Waals surface area contributed by atoms with E-state index >= 15 is 0 Å². The van der Waals surface area contributed by atoms with Gasteiger partial charge < -0.3 is 14.5 Å². The highest BCUT2D eigenvalue weighted by molar-refractivity contribution is 5.96. The third-order valence-electron chi connectivity index (χ3n) is 3.54. The lowest BCUT2D eigenvalue weighted by atomic mass is 10.2. The molecule has 0 radical (unpaired) electrons. The molecule has 27 heavy (non-hydrogen) atoms. The molecule has 9 nitrogen and oxygen atoms in total. The number of benzene rings is 2. The lowest BCUT2D eigenvalue weighted by Crippen LogP contribution is -2.22. The second-order valence-corrected chi connectivity index (χ2v) is 5.37. The zero-order valence-corrected chi connectivity index (χ0v) is 13.7. The molecular formula is C18H12N2O7. The summed E-state index contributed by atoms with van der Waals surface area (Å²) in [5.41, 5.74) is -0.534. The Kier molecular flexibility index (Phi) is 4.93. The van der Waals surface area contributed by atoms with E-state index in [2.05, 4.69) is 5.32 Å². The van der Waals surface area contributed by atoms with Crippen LogP contribution in [0.25, 0.3) is 11.0 Å². The van der Waals surface area contributed by atoms with Crippen LogP contribution in [0.4, 0.5) is 11.4 Å². The highest BCUT2D eigenvalue weighted by Gasteiger charge is 2.18. The maximum Gasteiger partial charge on any atom is 0.374 e. The van der Waals surface area contributed by atoms with Crippen molar-refractivity contribution in [1.29, 1.82) is 0 Å². The van der Waals surface area contributed by atoms with Crippen LogP contribution in [-0.2, 0) is 9.53 Å². The highest BCUT2D eigenvalue weighted by Crippen LogP contribution is 2.23. The predicted octanol–water partition coefficient (Wildman–Crippen LogP) is 2.50. The van der Waals surface area contributed by atoms with Gasteiger partial charge in [-0.3, -0.25) is 19.7 Å². The molecule has 0 unspecified atom stereocenters. The molecule has 9 heteroatoms. The minimum absolute atomic E-state index is 0.0270. The van der Waals surface area contributed by atoms with Crippen LogP contribution in [0.2, 0.25) is 0 Å². The number of carbonyl (C=O) groups excluding carboxylic acids is 2. The summed E-state index contributed by atoms with van der Waals surface area (Å²) >= 11 is 0. The summed E-state index contributed by atoms with van der Waals surface area (Å²) in [6, 6.07) is 12.9. The van der Waals surface area contributed by atoms with Crippen molar-refractivity contribution in [3.63, 3.8) is 0 Å². The predicted molar refractivity (Wildman–Crippen MR) is 94.5 cm³/mol. The van der Waals surface area contributed by atoms with Gasteiger partial charge >= 0.3 is 5.97 Å². The summed E-state index contributed by atoms with van der Waals surface area (Å²) in [7, 11) is 0. The molecule has 0 aliphatic rings. The van der Waals surface area contributed by atoms with Gasteiger partial charge in [-0.2, -0.15) is 0 Å². The molecule has 0 fully saturated rings. The molecule has 0 atom stereocenters.